The highest BCUT2D eigenvalue weighted by molar-refractivity contribution is 7.90. The molecule has 1 aliphatic rings. The van der Waals surface area contributed by atoms with E-state index in [9.17, 15) is 21.6 Å². The molecule has 11 heteroatoms. The predicted molar refractivity (Wildman–Crippen MR) is 101 cm³/mol. The summed E-state index contributed by atoms with van der Waals surface area (Å²) in [6, 6.07) is 3.99. The van der Waals surface area contributed by atoms with Gasteiger partial charge in [-0.15, -0.1) is 11.3 Å². The van der Waals surface area contributed by atoms with E-state index in [0.29, 0.717) is 35.6 Å². The summed E-state index contributed by atoms with van der Waals surface area (Å²) >= 11 is 1.72. The lowest BCUT2D eigenvalue weighted by Crippen LogP contribution is -2.52. The molecular formula is C16H25F3N4O2S2. The van der Waals surface area contributed by atoms with E-state index < -0.39 is 15.5 Å². The van der Waals surface area contributed by atoms with Gasteiger partial charge < -0.3 is 10.6 Å². The molecule has 1 aromatic heterocycles. The van der Waals surface area contributed by atoms with Crippen LogP contribution < -0.4 is 10.6 Å². The molecule has 1 unspecified atom stereocenters. The molecule has 0 bridgehead atoms. The highest BCUT2D eigenvalue weighted by atomic mass is 32.2. The largest absolute Gasteiger partial charge is 0.511 e. The maximum atomic E-state index is 12.6. The van der Waals surface area contributed by atoms with Gasteiger partial charge in [0.15, 0.2) is 5.96 Å². The van der Waals surface area contributed by atoms with Gasteiger partial charge in [0.2, 0.25) is 0 Å². The maximum Gasteiger partial charge on any atom is 0.511 e. The first-order valence-electron chi connectivity index (χ1n) is 8.69. The minimum absolute atomic E-state index is 0.122. The first-order valence-corrected chi connectivity index (χ1v) is 11.0. The van der Waals surface area contributed by atoms with Crippen molar-refractivity contribution in [2.24, 2.45) is 10.9 Å². The zero-order valence-electron chi connectivity index (χ0n) is 15.3. The van der Waals surface area contributed by atoms with Gasteiger partial charge in [-0.25, -0.2) is 8.42 Å². The minimum atomic E-state index is -5.25. The number of piperidine rings is 1. The van der Waals surface area contributed by atoms with Crippen LogP contribution in [0.15, 0.2) is 22.5 Å². The molecule has 0 amide bonds. The van der Waals surface area contributed by atoms with Crippen LogP contribution in [-0.4, -0.2) is 56.9 Å². The number of rotatable bonds is 6. The lowest BCUT2D eigenvalue weighted by molar-refractivity contribution is -0.0494. The van der Waals surface area contributed by atoms with Gasteiger partial charge in [-0.1, -0.05) is 13.0 Å². The second-order valence-electron chi connectivity index (χ2n) is 6.61. The van der Waals surface area contributed by atoms with Crippen LogP contribution in [0.1, 0.15) is 24.6 Å². The van der Waals surface area contributed by atoms with Crippen LogP contribution in [0, 0.1) is 5.92 Å². The van der Waals surface area contributed by atoms with Crippen LogP contribution in [0.5, 0.6) is 0 Å². The Kier molecular flexibility index (Phi) is 7.52. The molecule has 0 spiro atoms. The Hall–Kier alpha value is -1.33. The number of nitrogens with one attached hydrogen (secondary N) is 2. The number of hydrogen-bond acceptors (Lipinski definition) is 4. The molecule has 1 saturated heterocycles. The van der Waals surface area contributed by atoms with Crippen molar-refractivity contribution in [1.82, 2.24) is 14.9 Å². The van der Waals surface area contributed by atoms with Crippen LogP contribution in [0.25, 0.3) is 0 Å². The van der Waals surface area contributed by atoms with Crippen LogP contribution >= 0.6 is 11.3 Å². The molecule has 2 rings (SSSR count). The standard InChI is InChI=1S/C16H25F3N4O2S2/c1-12(10-14-4-3-9-26-14)11-21-15(20-2)22-13-5-7-23(8-6-13)27(24,25)16(17,18)19/h3-4,9,12-13H,5-8,10-11H2,1-2H3,(H2,20,21,22). The lowest BCUT2D eigenvalue weighted by atomic mass is 10.1. The fourth-order valence-corrected chi connectivity index (χ4v) is 4.74. The summed E-state index contributed by atoms with van der Waals surface area (Å²) in [4.78, 5) is 5.45. The van der Waals surface area contributed by atoms with E-state index in [1.54, 1.807) is 18.4 Å². The van der Waals surface area contributed by atoms with Gasteiger partial charge in [0.1, 0.15) is 0 Å². The molecule has 154 valence electrons. The average Bonchev–Trinajstić information content (AvgIpc) is 3.11. The molecule has 1 aliphatic heterocycles. The minimum Gasteiger partial charge on any atom is -0.356 e. The number of thiophene rings is 1. The third-order valence-corrected chi connectivity index (χ3v) is 6.93. The van der Waals surface area contributed by atoms with Crippen molar-refractivity contribution in [3.05, 3.63) is 22.4 Å². The van der Waals surface area contributed by atoms with Crippen molar-refractivity contribution in [2.45, 2.75) is 37.7 Å². The van der Waals surface area contributed by atoms with Crippen molar-refractivity contribution in [3.63, 3.8) is 0 Å². The summed E-state index contributed by atoms with van der Waals surface area (Å²) in [5.74, 6) is 0.964. The number of aliphatic imine (C=N–C) groups is 1. The Morgan fingerprint density at radius 1 is 1.41 bits per heavy atom. The average molecular weight is 427 g/mol. The molecule has 2 heterocycles. The van der Waals surface area contributed by atoms with Crippen molar-refractivity contribution in [3.8, 4) is 0 Å². The van der Waals surface area contributed by atoms with Gasteiger partial charge in [0.05, 0.1) is 0 Å². The number of alkyl halides is 3. The SMILES string of the molecule is CN=C(NCC(C)Cc1cccs1)NC1CCN(S(=O)(=O)C(F)(F)F)CC1. The first-order chi connectivity index (χ1) is 12.6. The van der Waals surface area contributed by atoms with Crippen molar-refractivity contribution in [1.29, 1.82) is 0 Å². The molecule has 27 heavy (non-hydrogen) atoms. The highest BCUT2D eigenvalue weighted by Gasteiger charge is 2.50. The Morgan fingerprint density at radius 2 is 2.07 bits per heavy atom. The zero-order chi connectivity index (χ0) is 20.1. The summed E-state index contributed by atoms with van der Waals surface area (Å²) in [5.41, 5.74) is -5.25. The van der Waals surface area contributed by atoms with Gasteiger partial charge in [0.25, 0.3) is 0 Å². The van der Waals surface area contributed by atoms with E-state index in [1.807, 2.05) is 11.4 Å². The number of nitrogens with zero attached hydrogens (tertiary/aromatic N) is 2. The van der Waals surface area contributed by atoms with Crippen LogP contribution in [0.3, 0.4) is 0 Å². The van der Waals surface area contributed by atoms with Crippen LogP contribution in [0.2, 0.25) is 0 Å². The number of hydrogen-bond donors (Lipinski definition) is 2. The Morgan fingerprint density at radius 3 is 2.59 bits per heavy atom. The Bertz CT molecular complexity index is 713. The van der Waals surface area contributed by atoms with E-state index in [0.717, 1.165) is 6.42 Å². The van der Waals surface area contributed by atoms with Crippen LogP contribution in [0.4, 0.5) is 13.2 Å². The molecule has 0 saturated carbocycles. The smallest absolute Gasteiger partial charge is 0.356 e. The third-order valence-electron chi connectivity index (χ3n) is 4.40. The van der Waals surface area contributed by atoms with Crippen molar-refractivity contribution in [2.75, 3.05) is 26.7 Å². The molecular weight excluding hydrogens is 401 g/mol. The molecule has 0 radical (unpaired) electrons. The van der Waals surface area contributed by atoms with E-state index >= 15 is 0 Å². The third kappa shape index (κ3) is 6.08. The first kappa shape index (κ1) is 22.0. The second-order valence-corrected chi connectivity index (χ2v) is 9.57. The molecule has 0 aliphatic carbocycles. The van der Waals surface area contributed by atoms with Gasteiger partial charge in [0, 0.05) is 37.6 Å². The summed E-state index contributed by atoms with van der Waals surface area (Å²) in [6.07, 6.45) is 1.54. The van der Waals surface area contributed by atoms with Crippen molar-refractivity contribution < 1.29 is 21.6 Å². The molecule has 6 nitrogen and oxygen atoms in total. The van der Waals surface area contributed by atoms with E-state index in [1.165, 1.54) is 4.88 Å². The summed E-state index contributed by atoms with van der Waals surface area (Å²) in [7, 11) is -3.62. The quantitative estimate of drug-likeness (QED) is 0.541. The Balaban J connectivity index is 1.78. The molecule has 0 aromatic carbocycles. The molecule has 1 fully saturated rings. The zero-order valence-corrected chi connectivity index (χ0v) is 16.9. The fraction of sp³-hybridized carbons (Fsp3) is 0.688. The molecule has 1 atom stereocenters. The maximum absolute atomic E-state index is 12.6. The molecule has 2 N–H and O–H groups in total. The van der Waals surface area contributed by atoms with Gasteiger partial charge in [-0.05, 0) is 36.6 Å². The lowest BCUT2D eigenvalue weighted by Gasteiger charge is -2.32. The van der Waals surface area contributed by atoms with E-state index in [-0.39, 0.29) is 19.1 Å². The summed E-state index contributed by atoms with van der Waals surface area (Å²) in [6.45, 7) is 2.51. The predicted octanol–water partition coefficient (Wildman–Crippen LogP) is 2.41. The normalized spacial score (nSPS) is 19.1. The number of halogens is 3. The topological polar surface area (TPSA) is 73.8 Å². The second kappa shape index (κ2) is 9.24. The number of sulfonamides is 1. The van der Waals surface area contributed by atoms with E-state index in [2.05, 4.69) is 28.6 Å². The summed E-state index contributed by atoms with van der Waals surface area (Å²) < 4.78 is 61.2. The van der Waals surface area contributed by atoms with Gasteiger partial charge in [-0.2, -0.15) is 17.5 Å². The highest BCUT2D eigenvalue weighted by Crippen LogP contribution is 2.28. The number of guanidine groups is 1. The van der Waals surface area contributed by atoms with Gasteiger partial charge >= 0.3 is 15.5 Å². The van der Waals surface area contributed by atoms with Crippen LogP contribution in [-0.2, 0) is 16.4 Å². The van der Waals surface area contributed by atoms with Crippen molar-refractivity contribution >= 4 is 27.3 Å². The fourth-order valence-electron chi connectivity index (χ4n) is 2.89. The van der Waals surface area contributed by atoms with Gasteiger partial charge in [-0.3, -0.25) is 4.99 Å². The monoisotopic (exact) mass is 426 g/mol. The summed E-state index contributed by atoms with van der Waals surface area (Å²) in [5, 5.41) is 8.44. The Labute approximate surface area is 161 Å². The van der Waals surface area contributed by atoms with E-state index in [4.69, 9.17) is 0 Å². The molecule has 1 aromatic rings.